The summed E-state index contributed by atoms with van der Waals surface area (Å²) in [5.41, 5.74) is 0. The van der Waals surface area contributed by atoms with E-state index in [0.29, 0.717) is 6.10 Å². The molecule has 0 amide bonds. The Morgan fingerprint density at radius 1 is 1.12 bits per heavy atom. The Kier molecular flexibility index (Phi) is 10.2. The van der Waals surface area contributed by atoms with Gasteiger partial charge in [-0.2, -0.15) is 0 Å². The van der Waals surface area contributed by atoms with E-state index in [0.717, 1.165) is 51.7 Å². The van der Waals surface area contributed by atoms with Crippen molar-refractivity contribution in [2.75, 3.05) is 79.7 Å². The largest absolute Gasteiger partial charge is 0.379 e. The van der Waals surface area contributed by atoms with E-state index in [4.69, 9.17) is 9.47 Å². The zero-order chi connectivity index (χ0) is 17.7. The average molecular weight is 356 g/mol. The summed E-state index contributed by atoms with van der Waals surface area (Å²) in [6.45, 7) is 10.3. The van der Waals surface area contributed by atoms with E-state index < -0.39 is 0 Å². The van der Waals surface area contributed by atoms with E-state index in [-0.39, 0.29) is 0 Å². The minimum absolute atomic E-state index is 0.303. The first-order valence-electron chi connectivity index (χ1n) is 9.82. The molecule has 2 aliphatic heterocycles. The van der Waals surface area contributed by atoms with Crippen molar-refractivity contribution in [3.8, 4) is 0 Å². The maximum Gasteiger partial charge on any atom is 0.190 e. The van der Waals surface area contributed by atoms with Crippen molar-refractivity contribution in [1.82, 2.24) is 20.4 Å². The van der Waals surface area contributed by atoms with Gasteiger partial charge in [0.05, 0.1) is 12.7 Å². The zero-order valence-electron chi connectivity index (χ0n) is 16.1. The SMILES string of the molecule is CN=C(NCCCCN1CCN(C)CC1)NCCCOC1CCOC1. The lowest BCUT2D eigenvalue weighted by Gasteiger charge is -2.32. The van der Waals surface area contributed by atoms with Gasteiger partial charge in [-0.3, -0.25) is 4.99 Å². The van der Waals surface area contributed by atoms with Crippen LogP contribution in [-0.4, -0.2) is 102 Å². The fraction of sp³-hybridized carbons (Fsp3) is 0.944. The number of aliphatic imine (C=N–C) groups is 1. The minimum Gasteiger partial charge on any atom is -0.379 e. The Morgan fingerprint density at radius 3 is 2.56 bits per heavy atom. The molecule has 0 saturated carbocycles. The van der Waals surface area contributed by atoms with E-state index in [2.05, 4.69) is 32.5 Å². The maximum absolute atomic E-state index is 5.76. The summed E-state index contributed by atoms with van der Waals surface area (Å²) in [4.78, 5) is 9.25. The highest BCUT2D eigenvalue weighted by atomic mass is 16.5. The summed E-state index contributed by atoms with van der Waals surface area (Å²) in [5, 5.41) is 6.75. The van der Waals surface area contributed by atoms with Gasteiger partial charge < -0.3 is 29.9 Å². The van der Waals surface area contributed by atoms with Crippen LogP contribution >= 0.6 is 0 Å². The van der Waals surface area contributed by atoms with Crippen LogP contribution in [0.15, 0.2) is 4.99 Å². The number of unbranched alkanes of at least 4 members (excludes halogenated alkanes) is 1. The van der Waals surface area contributed by atoms with Crippen LogP contribution in [0.2, 0.25) is 0 Å². The van der Waals surface area contributed by atoms with Gasteiger partial charge in [0.2, 0.25) is 0 Å². The maximum atomic E-state index is 5.76. The highest BCUT2D eigenvalue weighted by Crippen LogP contribution is 2.07. The van der Waals surface area contributed by atoms with Gasteiger partial charge in [0.15, 0.2) is 5.96 Å². The third kappa shape index (κ3) is 8.85. The van der Waals surface area contributed by atoms with E-state index in [1.807, 2.05) is 7.05 Å². The third-order valence-corrected chi connectivity index (χ3v) is 4.87. The first-order valence-corrected chi connectivity index (χ1v) is 9.82. The summed E-state index contributed by atoms with van der Waals surface area (Å²) in [7, 11) is 4.03. The van der Waals surface area contributed by atoms with Crippen molar-refractivity contribution in [1.29, 1.82) is 0 Å². The number of hydrogen-bond donors (Lipinski definition) is 2. The number of hydrogen-bond acceptors (Lipinski definition) is 5. The van der Waals surface area contributed by atoms with Crippen LogP contribution in [0.3, 0.4) is 0 Å². The van der Waals surface area contributed by atoms with Crippen molar-refractivity contribution in [2.24, 2.45) is 4.99 Å². The molecule has 1 atom stereocenters. The molecule has 0 bridgehead atoms. The second-order valence-corrected chi connectivity index (χ2v) is 6.99. The van der Waals surface area contributed by atoms with Crippen molar-refractivity contribution >= 4 is 5.96 Å². The molecule has 25 heavy (non-hydrogen) atoms. The smallest absolute Gasteiger partial charge is 0.190 e. The quantitative estimate of drug-likeness (QED) is 0.336. The molecule has 7 nitrogen and oxygen atoms in total. The summed E-state index contributed by atoms with van der Waals surface area (Å²) >= 11 is 0. The average Bonchev–Trinajstić information content (AvgIpc) is 3.14. The molecule has 2 N–H and O–H groups in total. The fourth-order valence-electron chi connectivity index (χ4n) is 3.13. The molecule has 2 heterocycles. The zero-order valence-corrected chi connectivity index (χ0v) is 16.1. The summed E-state index contributed by atoms with van der Waals surface area (Å²) in [5.74, 6) is 0.892. The van der Waals surface area contributed by atoms with Gasteiger partial charge in [0, 0.05) is 59.5 Å². The molecule has 7 heteroatoms. The Labute approximate surface area is 153 Å². The van der Waals surface area contributed by atoms with Crippen molar-refractivity contribution < 1.29 is 9.47 Å². The first kappa shape index (κ1) is 20.4. The van der Waals surface area contributed by atoms with Gasteiger partial charge in [0.1, 0.15) is 0 Å². The van der Waals surface area contributed by atoms with Crippen LogP contribution in [0.25, 0.3) is 0 Å². The first-order chi connectivity index (χ1) is 12.3. The molecule has 146 valence electrons. The van der Waals surface area contributed by atoms with E-state index in [9.17, 15) is 0 Å². The predicted molar refractivity (Wildman–Crippen MR) is 102 cm³/mol. The highest BCUT2D eigenvalue weighted by Gasteiger charge is 2.15. The Bertz CT molecular complexity index is 366. The molecule has 0 aromatic heterocycles. The lowest BCUT2D eigenvalue weighted by molar-refractivity contribution is 0.0420. The number of nitrogens with zero attached hydrogens (tertiary/aromatic N) is 3. The standard InChI is InChI=1S/C18H37N5O2/c1-19-18(21-8-5-14-25-17-6-15-24-16-17)20-7-3-4-9-23-12-10-22(2)11-13-23/h17H,3-16H2,1-2H3,(H2,19,20,21). The lowest BCUT2D eigenvalue weighted by atomic mass is 10.2. The number of likely N-dealkylation sites (N-methyl/N-ethyl adjacent to an activating group) is 1. The van der Waals surface area contributed by atoms with Gasteiger partial charge in [-0.25, -0.2) is 0 Å². The van der Waals surface area contributed by atoms with E-state index in [1.54, 1.807) is 0 Å². The summed E-state index contributed by atoms with van der Waals surface area (Å²) in [6, 6.07) is 0. The van der Waals surface area contributed by atoms with Crippen molar-refractivity contribution in [3.63, 3.8) is 0 Å². The Balaban J connectivity index is 1.41. The Morgan fingerprint density at radius 2 is 1.88 bits per heavy atom. The number of ether oxygens (including phenoxy) is 2. The molecule has 0 aromatic rings. The molecule has 2 rings (SSSR count). The van der Waals surface area contributed by atoms with Crippen molar-refractivity contribution in [3.05, 3.63) is 0 Å². The topological polar surface area (TPSA) is 61.4 Å². The number of guanidine groups is 1. The van der Waals surface area contributed by atoms with Gasteiger partial charge in [0.25, 0.3) is 0 Å². The van der Waals surface area contributed by atoms with Gasteiger partial charge >= 0.3 is 0 Å². The summed E-state index contributed by atoms with van der Waals surface area (Å²) in [6.07, 6.45) is 4.74. The fourth-order valence-corrected chi connectivity index (χ4v) is 3.13. The molecular formula is C18H37N5O2. The van der Waals surface area contributed by atoms with Crippen LogP contribution in [0.4, 0.5) is 0 Å². The van der Waals surface area contributed by atoms with Gasteiger partial charge in [-0.05, 0) is 39.3 Å². The number of rotatable bonds is 10. The molecule has 0 spiro atoms. The molecular weight excluding hydrogens is 318 g/mol. The van der Waals surface area contributed by atoms with E-state index in [1.165, 1.54) is 45.6 Å². The number of nitrogens with one attached hydrogen (secondary N) is 2. The molecule has 2 fully saturated rings. The Hall–Kier alpha value is -0.890. The van der Waals surface area contributed by atoms with Crippen LogP contribution in [-0.2, 0) is 9.47 Å². The van der Waals surface area contributed by atoms with Crippen LogP contribution < -0.4 is 10.6 Å². The minimum atomic E-state index is 0.303. The van der Waals surface area contributed by atoms with Crippen LogP contribution in [0.5, 0.6) is 0 Å². The molecule has 1 unspecified atom stereocenters. The van der Waals surface area contributed by atoms with E-state index >= 15 is 0 Å². The molecule has 0 radical (unpaired) electrons. The van der Waals surface area contributed by atoms with Crippen molar-refractivity contribution in [2.45, 2.75) is 31.8 Å². The monoisotopic (exact) mass is 355 g/mol. The normalized spacial score (nSPS) is 23.1. The lowest BCUT2D eigenvalue weighted by Crippen LogP contribution is -2.44. The molecule has 2 aliphatic rings. The second kappa shape index (κ2) is 12.5. The molecule has 0 aliphatic carbocycles. The predicted octanol–water partition coefficient (Wildman–Crippen LogP) is 0.375. The van der Waals surface area contributed by atoms with Crippen LogP contribution in [0.1, 0.15) is 25.7 Å². The summed E-state index contributed by atoms with van der Waals surface area (Å²) < 4.78 is 11.1. The third-order valence-electron chi connectivity index (χ3n) is 4.87. The van der Waals surface area contributed by atoms with Crippen LogP contribution in [0, 0.1) is 0 Å². The van der Waals surface area contributed by atoms with Gasteiger partial charge in [-0.15, -0.1) is 0 Å². The molecule has 2 saturated heterocycles. The second-order valence-electron chi connectivity index (χ2n) is 6.99. The number of piperazine rings is 1. The molecule has 0 aromatic carbocycles. The van der Waals surface area contributed by atoms with Gasteiger partial charge in [-0.1, -0.05) is 0 Å². The highest BCUT2D eigenvalue weighted by molar-refractivity contribution is 5.79.